The molecule has 122 valence electrons. The van der Waals surface area contributed by atoms with Crippen LogP contribution in [0.3, 0.4) is 0 Å². The van der Waals surface area contributed by atoms with Crippen molar-refractivity contribution in [2.75, 3.05) is 18.9 Å². The van der Waals surface area contributed by atoms with Gasteiger partial charge in [0.15, 0.2) is 0 Å². The highest BCUT2D eigenvalue weighted by molar-refractivity contribution is 6.39. The standard InChI is InChI=1S/C17H26N2O3/c1-5-13-7-8-15(11-14(13)6-2)18-16(21)17(22)19(4)10-9-12(3)20/h7-8,11-12,20H,5-6,9-10H2,1-4H3,(H,18,21). The van der Waals surface area contributed by atoms with E-state index in [-0.39, 0.29) is 0 Å². The first-order valence-electron chi connectivity index (χ1n) is 7.75. The van der Waals surface area contributed by atoms with Crippen molar-refractivity contribution in [1.82, 2.24) is 4.90 Å². The van der Waals surface area contributed by atoms with Crippen LogP contribution in [0.4, 0.5) is 5.69 Å². The molecule has 0 aliphatic carbocycles. The summed E-state index contributed by atoms with van der Waals surface area (Å²) in [6, 6.07) is 5.72. The van der Waals surface area contributed by atoms with E-state index in [2.05, 4.69) is 19.2 Å². The van der Waals surface area contributed by atoms with E-state index < -0.39 is 17.9 Å². The second-order valence-electron chi connectivity index (χ2n) is 5.51. The Morgan fingerprint density at radius 3 is 2.41 bits per heavy atom. The van der Waals surface area contributed by atoms with Gasteiger partial charge >= 0.3 is 11.8 Å². The van der Waals surface area contributed by atoms with Crippen molar-refractivity contribution in [3.05, 3.63) is 29.3 Å². The van der Waals surface area contributed by atoms with Gasteiger partial charge in [0.25, 0.3) is 0 Å². The minimum Gasteiger partial charge on any atom is -0.393 e. The Morgan fingerprint density at radius 2 is 1.86 bits per heavy atom. The Labute approximate surface area is 132 Å². The number of carbonyl (C=O) groups is 2. The SMILES string of the molecule is CCc1ccc(NC(=O)C(=O)N(C)CCC(C)O)cc1CC. The second-order valence-corrected chi connectivity index (χ2v) is 5.51. The van der Waals surface area contributed by atoms with Crippen molar-refractivity contribution >= 4 is 17.5 Å². The Balaban J connectivity index is 2.69. The number of hydrogen-bond donors (Lipinski definition) is 2. The van der Waals surface area contributed by atoms with Gasteiger partial charge in [-0.15, -0.1) is 0 Å². The van der Waals surface area contributed by atoms with Crippen molar-refractivity contribution in [3.63, 3.8) is 0 Å². The van der Waals surface area contributed by atoms with E-state index in [0.29, 0.717) is 18.7 Å². The number of likely N-dealkylation sites (N-methyl/N-ethyl adjacent to an activating group) is 1. The van der Waals surface area contributed by atoms with Crippen LogP contribution >= 0.6 is 0 Å². The van der Waals surface area contributed by atoms with Gasteiger partial charge in [0.2, 0.25) is 0 Å². The van der Waals surface area contributed by atoms with Gasteiger partial charge in [-0.2, -0.15) is 0 Å². The molecule has 0 bridgehead atoms. The lowest BCUT2D eigenvalue weighted by Gasteiger charge is -2.17. The van der Waals surface area contributed by atoms with E-state index in [1.54, 1.807) is 14.0 Å². The zero-order valence-electron chi connectivity index (χ0n) is 13.8. The fourth-order valence-electron chi connectivity index (χ4n) is 2.22. The van der Waals surface area contributed by atoms with Gasteiger partial charge in [0.05, 0.1) is 6.10 Å². The fraction of sp³-hybridized carbons (Fsp3) is 0.529. The number of rotatable bonds is 6. The van der Waals surface area contributed by atoms with E-state index in [9.17, 15) is 14.7 Å². The van der Waals surface area contributed by atoms with E-state index in [0.717, 1.165) is 12.8 Å². The zero-order valence-corrected chi connectivity index (χ0v) is 13.8. The number of carbonyl (C=O) groups excluding carboxylic acids is 2. The van der Waals surface area contributed by atoms with Crippen LogP contribution in [-0.4, -0.2) is 41.5 Å². The molecule has 0 fully saturated rings. The lowest BCUT2D eigenvalue weighted by molar-refractivity contribution is -0.142. The largest absolute Gasteiger partial charge is 0.393 e. The molecule has 1 aromatic carbocycles. The molecule has 0 saturated carbocycles. The van der Waals surface area contributed by atoms with Crippen molar-refractivity contribution in [3.8, 4) is 0 Å². The molecule has 0 aromatic heterocycles. The Kier molecular flexibility index (Phi) is 7.05. The number of nitrogens with zero attached hydrogens (tertiary/aromatic N) is 1. The molecule has 5 heteroatoms. The first-order chi connectivity index (χ1) is 10.4. The van der Waals surface area contributed by atoms with Crippen LogP contribution in [-0.2, 0) is 22.4 Å². The fourth-order valence-corrected chi connectivity index (χ4v) is 2.22. The van der Waals surface area contributed by atoms with E-state index in [1.807, 2.05) is 18.2 Å². The third-order valence-electron chi connectivity index (χ3n) is 3.65. The molecule has 1 aromatic rings. The molecule has 22 heavy (non-hydrogen) atoms. The Morgan fingerprint density at radius 1 is 1.23 bits per heavy atom. The van der Waals surface area contributed by atoms with Crippen LogP contribution in [0.15, 0.2) is 18.2 Å². The molecular weight excluding hydrogens is 280 g/mol. The van der Waals surface area contributed by atoms with Crippen LogP contribution in [0.25, 0.3) is 0 Å². The van der Waals surface area contributed by atoms with Gasteiger partial charge < -0.3 is 15.3 Å². The average Bonchev–Trinajstić information content (AvgIpc) is 2.51. The predicted octanol–water partition coefficient (Wildman–Crippen LogP) is 1.98. The summed E-state index contributed by atoms with van der Waals surface area (Å²) >= 11 is 0. The molecule has 0 aliphatic heterocycles. The molecule has 0 saturated heterocycles. The molecular formula is C17H26N2O3. The lowest BCUT2D eigenvalue weighted by Crippen LogP contribution is -2.38. The van der Waals surface area contributed by atoms with Crippen LogP contribution < -0.4 is 5.32 Å². The molecule has 0 radical (unpaired) electrons. The molecule has 2 N–H and O–H groups in total. The van der Waals surface area contributed by atoms with E-state index in [1.165, 1.54) is 16.0 Å². The minimum absolute atomic E-state index is 0.346. The van der Waals surface area contributed by atoms with Crippen molar-refractivity contribution in [2.24, 2.45) is 0 Å². The Hall–Kier alpha value is -1.88. The first kappa shape index (κ1) is 18.2. The molecule has 1 unspecified atom stereocenters. The van der Waals surface area contributed by atoms with E-state index >= 15 is 0 Å². The molecule has 0 aliphatic rings. The maximum Gasteiger partial charge on any atom is 0.313 e. The van der Waals surface area contributed by atoms with Gasteiger partial charge in [0.1, 0.15) is 0 Å². The Bertz CT molecular complexity index is 527. The number of hydrogen-bond acceptors (Lipinski definition) is 3. The van der Waals surface area contributed by atoms with Crippen LogP contribution in [0.1, 0.15) is 38.3 Å². The van der Waals surface area contributed by atoms with Gasteiger partial charge in [-0.1, -0.05) is 19.9 Å². The highest BCUT2D eigenvalue weighted by Gasteiger charge is 2.19. The van der Waals surface area contributed by atoms with Gasteiger partial charge in [-0.25, -0.2) is 0 Å². The summed E-state index contributed by atoms with van der Waals surface area (Å²) in [7, 11) is 1.56. The number of aliphatic hydroxyl groups excluding tert-OH is 1. The summed E-state index contributed by atoms with van der Waals surface area (Å²) in [6.07, 6.45) is 1.78. The van der Waals surface area contributed by atoms with Crippen molar-refractivity contribution in [2.45, 2.75) is 46.1 Å². The minimum atomic E-state index is -0.653. The summed E-state index contributed by atoms with van der Waals surface area (Å²) in [5.41, 5.74) is 3.06. The molecule has 0 spiro atoms. The molecule has 5 nitrogen and oxygen atoms in total. The number of nitrogens with one attached hydrogen (secondary N) is 1. The number of amides is 2. The number of aliphatic hydroxyl groups is 1. The predicted molar refractivity (Wildman–Crippen MR) is 87.8 cm³/mol. The molecule has 0 heterocycles. The van der Waals surface area contributed by atoms with E-state index in [4.69, 9.17) is 0 Å². The maximum absolute atomic E-state index is 12.0. The zero-order chi connectivity index (χ0) is 16.7. The van der Waals surface area contributed by atoms with Crippen LogP contribution in [0.5, 0.6) is 0 Å². The highest BCUT2D eigenvalue weighted by Crippen LogP contribution is 2.17. The monoisotopic (exact) mass is 306 g/mol. The summed E-state index contributed by atoms with van der Waals surface area (Å²) in [6.45, 7) is 6.15. The van der Waals surface area contributed by atoms with Crippen molar-refractivity contribution in [1.29, 1.82) is 0 Å². The number of anilines is 1. The number of benzene rings is 1. The maximum atomic E-state index is 12.0. The van der Waals surface area contributed by atoms with Crippen molar-refractivity contribution < 1.29 is 14.7 Å². The average molecular weight is 306 g/mol. The van der Waals surface area contributed by atoms with Gasteiger partial charge in [0, 0.05) is 19.3 Å². The topological polar surface area (TPSA) is 69.6 Å². The summed E-state index contributed by atoms with van der Waals surface area (Å²) in [5.74, 6) is -1.25. The molecule has 1 rings (SSSR count). The highest BCUT2D eigenvalue weighted by atomic mass is 16.3. The normalized spacial score (nSPS) is 11.9. The summed E-state index contributed by atoms with van der Waals surface area (Å²) in [4.78, 5) is 25.3. The third kappa shape index (κ3) is 5.15. The van der Waals surface area contributed by atoms with Crippen LogP contribution in [0.2, 0.25) is 0 Å². The summed E-state index contributed by atoms with van der Waals surface area (Å²) < 4.78 is 0. The molecule has 2 amide bonds. The summed E-state index contributed by atoms with van der Waals surface area (Å²) in [5, 5.41) is 11.9. The number of aryl methyl sites for hydroxylation is 2. The molecule has 1 atom stereocenters. The lowest BCUT2D eigenvalue weighted by atomic mass is 10.0. The quantitative estimate of drug-likeness (QED) is 0.790. The van der Waals surface area contributed by atoms with Crippen LogP contribution in [0, 0.1) is 0 Å². The second kappa shape index (κ2) is 8.54. The first-order valence-corrected chi connectivity index (χ1v) is 7.75. The third-order valence-corrected chi connectivity index (χ3v) is 3.65. The van der Waals surface area contributed by atoms with Gasteiger partial charge in [-0.05, 0) is 49.4 Å². The smallest absolute Gasteiger partial charge is 0.313 e. The van der Waals surface area contributed by atoms with Gasteiger partial charge in [-0.3, -0.25) is 9.59 Å².